The molecule has 13 heteroatoms. The van der Waals surface area contributed by atoms with Gasteiger partial charge in [-0.25, -0.2) is 4.39 Å². The van der Waals surface area contributed by atoms with Crippen molar-refractivity contribution in [2.45, 2.75) is 63.3 Å². The third kappa shape index (κ3) is 8.56. The number of halogens is 1. The zero-order chi connectivity index (χ0) is 30.1. The van der Waals surface area contributed by atoms with Gasteiger partial charge in [0.2, 0.25) is 17.7 Å². The Bertz CT molecular complexity index is 1310. The second-order valence-electron chi connectivity index (χ2n) is 10.3. The van der Waals surface area contributed by atoms with E-state index in [9.17, 15) is 28.4 Å². The molecule has 3 N–H and O–H groups in total. The lowest BCUT2D eigenvalue weighted by Crippen LogP contribution is -2.55. The van der Waals surface area contributed by atoms with Gasteiger partial charge in [-0.15, -0.1) is 0 Å². The zero-order valence-electron chi connectivity index (χ0n) is 23.2. The van der Waals surface area contributed by atoms with Gasteiger partial charge in [0.25, 0.3) is 5.91 Å². The molecule has 4 atom stereocenters. The summed E-state index contributed by atoms with van der Waals surface area (Å²) in [5.41, 5.74) is 0.540. The van der Waals surface area contributed by atoms with Crippen molar-refractivity contribution in [3.05, 3.63) is 65.3 Å². The SMILES string of the molecule is Cc1cc(C(=O)NC2CC=CCOC3CCN(C3)C(=O)CCC(C=O)NC(=O)C(Cc3ccc(F)cc3)NC2=O)no1. The topological polar surface area (TPSA) is 160 Å². The predicted octanol–water partition coefficient (Wildman–Crippen LogP) is 0.989. The van der Waals surface area contributed by atoms with Crippen LogP contribution in [0.1, 0.15) is 47.5 Å². The maximum Gasteiger partial charge on any atom is 0.274 e. The molecule has 0 aliphatic carbocycles. The molecule has 12 nitrogen and oxygen atoms in total. The summed E-state index contributed by atoms with van der Waals surface area (Å²) in [6, 6.07) is 3.59. The first-order valence-electron chi connectivity index (χ1n) is 13.8. The smallest absolute Gasteiger partial charge is 0.274 e. The lowest BCUT2D eigenvalue weighted by Gasteiger charge is -2.24. The molecule has 0 saturated carbocycles. The molecule has 1 aromatic carbocycles. The van der Waals surface area contributed by atoms with Crippen LogP contribution in [0.2, 0.25) is 0 Å². The number of fused-ring (bicyclic) bond motifs is 2. The Labute approximate surface area is 242 Å². The molecule has 1 fully saturated rings. The number of aromatic nitrogens is 1. The van der Waals surface area contributed by atoms with Crippen molar-refractivity contribution in [2.24, 2.45) is 0 Å². The molecule has 3 heterocycles. The molecule has 4 unspecified atom stereocenters. The minimum atomic E-state index is -1.18. The first-order chi connectivity index (χ1) is 20.2. The van der Waals surface area contributed by atoms with Crippen LogP contribution in [0.25, 0.3) is 0 Å². The van der Waals surface area contributed by atoms with Gasteiger partial charge < -0.3 is 34.9 Å². The van der Waals surface area contributed by atoms with Crippen LogP contribution in [0.5, 0.6) is 0 Å². The fraction of sp³-hybridized carbons (Fsp3) is 0.448. The Morgan fingerprint density at radius 3 is 2.64 bits per heavy atom. The van der Waals surface area contributed by atoms with Crippen LogP contribution in [0.3, 0.4) is 0 Å². The summed E-state index contributed by atoms with van der Waals surface area (Å²) in [5.74, 6) is -2.17. The van der Waals surface area contributed by atoms with Gasteiger partial charge in [-0.05, 0) is 43.9 Å². The largest absolute Gasteiger partial charge is 0.372 e. The summed E-state index contributed by atoms with van der Waals surface area (Å²) in [6.07, 6.45) is 4.61. The summed E-state index contributed by atoms with van der Waals surface area (Å²) in [6.45, 7) is 2.81. The molecule has 4 amide bonds. The first kappa shape index (κ1) is 30.6. The average molecular weight is 584 g/mol. The van der Waals surface area contributed by atoms with Gasteiger partial charge in [0, 0.05) is 32.0 Å². The second-order valence-corrected chi connectivity index (χ2v) is 10.3. The quantitative estimate of drug-likeness (QED) is 0.347. The fourth-order valence-corrected chi connectivity index (χ4v) is 4.75. The fourth-order valence-electron chi connectivity index (χ4n) is 4.75. The number of hydrogen-bond donors (Lipinski definition) is 3. The van der Waals surface area contributed by atoms with Crippen LogP contribution in [0.15, 0.2) is 47.0 Å². The molecule has 2 aliphatic rings. The van der Waals surface area contributed by atoms with E-state index in [0.717, 1.165) is 0 Å². The molecule has 224 valence electrons. The molecule has 0 radical (unpaired) electrons. The Balaban J connectivity index is 1.58. The standard InChI is InChI=1S/C29H34FN5O7/c1-18-14-25(34-42-18)29(40)32-23-4-2-3-13-41-22-11-12-35(16-22)26(37)10-9-21(17-36)31-28(39)24(33-27(23)38)15-19-5-7-20(30)8-6-19/h2-3,5-8,14,17,21-24H,4,9-13,15-16H2,1H3,(H,31,39)(H,32,40)(H,33,38). The van der Waals surface area contributed by atoms with E-state index >= 15 is 0 Å². The molecule has 4 rings (SSSR count). The molecular weight excluding hydrogens is 549 g/mol. The molecule has 2 aromatic rings. The third-order valence-corrected chi connectivity index (χ3v) is 7.09. The van der Waals surface area contributed by atoms with Gasteiger partial charge in [0.05, 0.1) is 18.8 Å². The highest BCUT2D eigenvalue weighted by Gasteiger charge is 2.30. The Kier molecular flexibility index (Phi) is 10.5. The lowest BCUT2D eigenvalue weighted by molar-refractivity contribution is -0.132. The van der Waals surface area contributed by atoms with Crippen molar-refractivity contribution in [1.82, 2.24) is 26.0 Å². The molecule has 2 aliphatic heterocycles. The van der Waals surface area contributed by atoms with Gasteiger partial charge in [-0.3, -0.25) is 19.2 Å². The predicted molar refractivity (Wildman–Crippen MR) is 146 cm³/mol. The minimum absolute atomic E-state index is 0.0122. The van der Waals surface area contributed by atoms with Crippen LogP contribution < -0.4 is 16.0 Å². The second kappa shape index (κ2) is 14.5. The number of aryl methyl sites for hydroxylation is 1. The number of rotatable bonds is 5. The molecule has 2 bridgehead atoms. The maximum atomic E-state index is 13.5. The number of benzene rings is 1. The van der Waals surface area contributed by atoms with E-state index in [2.05, 4.69) is 21.1 Å². The van der Waals surface area contributed by atoms with Gasteiger partial charge in [-0.2, -0.15) is 0 Å². The van der Waals surface area contributed by atoms with Crippen LogP contribution in [-0.2, 0) is 30.3 Å². The summed E-state index contributed by atoms with van der Waals surface area (Å²) < 4.78 is 24.3. The van der Waals surface area contributed by atoms with Gasteiger partial charge >= 0.3 is 0 Å². The van der Waals surface area contributed by atoms with E-state index < -0.39 is 41.7 Å². The number of amides is 4. The molecule has 1 saturated heterocycles. The molecule has 42 heavy (non-hydrogen) atoms. The average Bonchev–Trinajstić information content (AvgIpc) is 3.63. The zero-order valence-corrected chi connectivity index (χ0v) is 23.2. The van der Waals surface area contributed by atoms with Crippen LogP contribution in [-0.4, -0.2) is 83.9 Å². The number of carbonyl (C=O) groups excluding carboxylic acids is 5. The molecule has 1 aromatic heterocycles. The van der Waals surface area contributed by atoms with Crippen LogP contribution in [0.4, 0.5) is 4.39 Å². The van der Waals surface area contributed by atoms with Crippen molar-refractivity contribution in [3.63, 3.8) is 0 Å². The number of ether oxygens (including phenoxy) is 1. The summed E-state index contributed by atoms with van der Waals surface area (Å²) >= 11 is 0. The van der Waals surface area contributed by atoms with E-state index in [1.165, 1.54) is 30.3 Å². The Morgan fingerprint density at radius 2 is 1.93 bits per heavy atom. The molecule has 0 spiro atoms. The number of nitrogens with zero attached hydrogens (tertiary/aromatic N) is 2. The van der Waals surface area contributed by atoms with Gasteiger partial charge in [-0.1, -0.05) is 29.4 Å². The van der Waals surface area contributed by atoms with Crippen molar-refractivity contribution in [2.75, 3.05) is 19.7 Å². The number of hydrogen-bond acceptors (Lipinski definition) is 8. The Morgan fingerprint density at radius 1 is 1.14 bits per heavy atom. The number of aldehydes is 1. The van der Waals surface area contributed by atoms with E-state index in [4.69, 9.17) is 9.26 Å². The first-order valence-corrected chi connectivity index (χ1v) is 13.8. The monoisotopic (exact) mass is 583 g/mol. The lowest BCUT2D eigenvalue weighted by atomic mass is 10.0. The summed E-state index contributed by atoms with van der Waals surface area (Å²) in [5, 5.41) is 11.6. The van der Waals surface area contributed by atoms with E-state index in [1.807, 2.05) is 0 Å². The van der Waals surface area contributed by atoms with Gasteiger partial charge in [0.15, 0.2) is 5.69 Å². The Hall–Kier alpha value is -4.39. The van der Waals surface area contributed by atoms with E-state index in [-0.39, 0.29) is 50.0 Å². The van der Waals surface area contributed by atoms with Crippen LogP contribution in [0, 0.1) is 12.7 Å². The highest BCUT2D eigenvalue weighted by atomic mass is 19.1. The van der Waals surface area contributed by atoms with Crippen LogP contribution >= 0.6 is 0 Å². The number of carbonyl (C=O) groups is 5. The highest BCUT2D eigenvalue weighted by molar-refractivity contribution is 5.97. The third-order valence-electron chi connectivity index (χ3n) is 7.09. The van der Waals surface area contributed by atoms with Crippen molar-refractivity contribution >= 4 is 29.9 Å². The van der Waals surface area contributed by atoms with Crippen molar-refractivity contribution < 1.29 is 37.6 Å². The van der Waals surface area contributed by atoms with E-state index in [0.29, 0.717) is 37.1 Å². The van der Waals surface area contributed by atoms with E-state index in [1.54, 1.807) is 24.0 Å². The molecular formula is C29H34FN5O7. The summed E-state index contributed by atoms with van der Waals surface area (Å²) in [7, 11) is 0. The normalized spacial score (nSPS) is 24.3. The van der Waals surface area contributed by atoms with Crippen molar-refractivity contribution in [1.29, 1.82) is 0 Å². The highest BCUT2D eigenvalue weighted by Crippen LogP contribution is 2.15. The van der Waals surface area contributed by atoms with Gasteiger partial charge in [0.1, 0.15) is 29.9 Å². The summed E-state index contributed by atoms with van der Waals surface area (Å²) in [4.78, 5) is 65.9. The minimum Gasteiger partial charge on any atom is -0.372 e. The van der Waals surface area contributed by atoms with Crippen molar-refractivity contribution in [3.8, 4) is 0 Å². The maximum absolute atomic E-state index is 13.5. The number of nitrogens with one attached hydrogen (secondary N) is 3.